The third-order valence-electron chi connectivity index (χ3n) is 8.67. The van der Waals surface area contributed by atoms with E-state index in [1.165, 1.54) is 12.1 Å². The Hall–Kier alpha value is -3.89. The first kappa shape index (κ1) is 27.7. The lowest BCUT2D eigenvalue weighted by Gasteiger charge is -2.58. The van der Waals surface area contributed by atoms with Crippen LogP contribution in [0.15, 0.2) is 54.3 Å². The van der Waals surface area contributed by atoms with E-state index in [4.69, 9.17) is 14.2 Å². The summed E-state index contributed by atoms with van der Waals surface area (Å²) in [7, 11) is 1.95. The Morgan fingerprint density at radius 1 is 1.12 bits per heavy atom. The molecule has 0 amide bonds. The molecule has 3 N–H and O–H groups in total. The van der Waals surface area contributed by atoms with Gasteiger partial charge in [0, 0.05) is 23.6 Å². The number of nitrogens with zero attached hydrogens (tertiary/aromatic N) is 1. The predicted octanol–water partition coefficient (Wildman–Crippen LogP) is 3.13. The number of phenolic OH excluding ortho intramolecular Hbond substituents is 1. The monoisotopic (exact) mass is 551 g/mol. The van der Waals surface area contributed by atoms with Gasteiger partial charge in [0.1, 0.15) is 5.76 Å². The Labute approximate surface area is 231 Å². The highest BCUT2D eigenvalue weighted by atomic mass is 16.6. The van der Waals surface area contributed by atoms with E-state index in [9.17, 15) is 29.7 Å². The van der Waals surface area contributed by atoms with Crippen molar-refractivity contribution in [2.24, 2.45) is 0 Å². The van der Waals surface area contributed by atoms with Crippen LogP contribution in [0.2, 0.25) is 0 Å². The molecule has 10 nitrogen and oxygen atoms in total. The van der Waals surface area contributed by atoms with Gasteiger partial charge in [0.25, 0.3) is 0 Å². The Bertz CT molecular complexity index is 1370. The maximum atomic E-state index is 12.9. The number of aliphatic hydroxyl groups is 1. The number of carbonyl (C=O) groups excluding carboxylic acids is 2. The minimum atomic E-state index is -1.49. The second-order valence-corrected chi connectivity index (χ2v) is 10.8. The van der Waals surface area contributed by atoms with Crippen LogP contribution in [0.4, 0.5) is 0 Å². The van der Waals surface area contributed by atoms with Gasteiger partial charge in [-0.05, 0) is 51.6 Å². The molecule has 0 unspecified atom stereocenters. The van der Waals surface area contributed by atoms with Crippen molar-refractivity contribution in [1.29, 1.82) is 0 Å². The Morgan fingerprint density at radius 2 is 1.82 bits per heavy atom. The number of carbonyl (C=O) groups is 3. The lowest BCUT2D eigenvalue weighted by atomic mass is 9.54. The van der Waals surface area contributed by atoms with Crippen molar-refractivity contribution in [3.05, 3.63) is 71.0 Å². The minimum absolute atomic E-state index is 0.0573. The molecule has 2 heterocycles. The van der Waals surface area contributed by atoms with Gasteiger partial charge in [-0.15, -0.1) is 0 Å². The fourth-order valence-electron chi connectivity index (χ4n) is 6.47. The summed E-state index contributed by atoms with van der Waals surface area (Å²) in [5.41, 5.74) is -0.361. The zero-order chi connectivity index (χ0) is 28.8. The standard InChI is InChI=1S/C30H33NO9/c1-17-9-10-20(32)26-24(17)29-15-16-31(3)18(2)30(29,37)14-13-21(27(29)40-26)38-22(33)11-12-23(34)39-25(28(35)36)19-7-5-4-6-8-19/h4-10,13,18,25,27,32,37H,11-12,14-16H2,1-3H3,(H,35,36)/t18-,25+,27+,29+,30-/m1/s1. The lowest BCUT2D eigenvalue weighted by Crippen LogP contribution is -2.71. The van der Waals surface area contributed by atoms with E-state index in [-0.39, 0.29) is 42.6 Å². The Balaban J connectivity index is 1.34. The zero-order valence-electron chi connectivity index (χ0n) is 22.6. The van der Waals surface area contributed by atoms with Gasteiger partial charge in [-0.1, -0.05) is 36.4 Å². The summed E-state index contributed by atoms with van der Waals surface area (Å²) in [6.07, 6.45) is -0.754. The summed E-state index contributed by atoms with van der Waals surface area (Å²) in [6, 6.07) is 11.1. The van der Waals surface area contributed by atoms with Crippen LogP contribution in [0.25, 0.3) is 0 Å². The number of likely N-dealkylation sites (tertiary alicyclic amines) is 1. The molecule has 1 aliphatic carbocycles. The van der Waals surface area contributed by atoms with Gasteiger partial charge >= 0.3 is 17.9 Å². The number of aliphatic carboxylic acids is 1. The van der Waals surface area contributed by atoms with E-state index in [0.717, 1.165) is 5.56 Å². The number of esters is 2. The van der Waals surface area contributed by atoms with Crippen molar-refractivity contribution in [2.45, 2.75) is 68.8 Å². The fourth-order valence-corrected chi connectivity index (χ4v) is 6.47. The molecule has 212 valence electrons. The van der Waals surface area contributed by atoms with Crippen LogP contribution in [-0.4, -0.2) is 69.5 Å². The number of phenols is 1. The second kappa shape index (κ2) is 10.3. The van der Waals surface area contributed by atoms with Gasteiger partial charge in [0.2, 0.25) is 6.10 Å². The third kappa shape index (κ3) is 4.31. The highest BCUT2D eigenvalue weighted by Gasteiger charge is 2.69. The van der Waals surface area contributed by atoms with E-state index >= 15 is 0 Å². The number of carboxylic acids is 1. The molecule has 5 rings (SSSR count). The molecule has 10 heteroatoms. The largest absolute Gasteiger partial charge is 0.504 e. The van der Waals surface area contributed by atoms with Crippen LogP contribution in [0.5, 0.6) is 11.5 Å². The average molecular weight is 552 g/mol. The van der Waals surface area contributed by atoms with E-state index < -0.39 is 41.1 Å². The highest BCUT2D eigenvalue weighted by molar-refractivity contribution is 5.82. The van der Waals surface area contributed by atoms with Crippen molar-refractivity contribution >= 4 is 17.9 Å². The fraction of sp³-hybridized carbons (Fsp3) is 0.433. The van der Waals surface area contributed by atoms with Gasteiger partial charge < -0.3 is 34.4 Å². The number of hydrogen-bond donors (Lipinski definition) is 3. The van der Waals surface area contributed by atoms with Gasteiger partial charge in [-0.3, -0.25) is 9.59 Å². The molecule has 1 saturated heterocycles. The predicted molar refractivity (Wildman–Crippen MR) is 142 cm³/mol. The molecule has 2 aromatic carbocycles. The van der Waals surface area contributed by atoms with Crippen molar-refractivity contribution < 1.29 is 43.9 Å². The molecule has 3 aliphatic rings. The number of piperidine rings is 1. The number of aryl methyl sites for hydroxylation is 1. The summed E-state index contributed by atoms with van der Waals surface area (Å²) in [5, 5.41) is 32.4. The zero-order valence-corrected chi connectivity index (χ0v) is 22.6. The molecule has 0 bridgehead atoms. The first-order chi connectivity index (χ1) is 19.0. The van der Waals surface area contributed by atoms with Gasteiger partial charge in [0.05, 0.1) is 23.9 Å². The summed E-state index contributed by atoms with van der Waals surface area (Å²) >= 11 is 0. The molecule has 5 atom stereocenters. The molecular weight excluding hydrogens is 518 g/mol. The van der Waals surface area contributed by atoms with E-state index in [2.05, 4.69) is 4.90 Å². The quantitative estimate of drug-likeness (QED) is 0.439. The molecule has 0 aromatic heterocycles. The van der Waals surface area contributed by atoms with E-state index in [1.54, 1.807) is 36.4 Å². The van der Waals surface area contributed by atoms with Crippen LogP contribution < -0.4 is 4.74 Å². The number of fused-ring (bicyclic) bond motifs is 1. The van der Waals surface area contributed by atoms with Crippen molar-refractivity contribution in [1.82, 2.24) is 4.90 Å². The van der Waals surface area contributed by atoms with Crippen molar-refractivity contribution in [3.8, 4) is 11.5 Å². The SMILES string of the molecule is Cc1ccc(O)c2c1[C@]13CCN(C)[C@H](C)[C@]1(O)CC=C(OC(=O)CCC(=O)O[C@H](C(=O)O)c1ccccc1)[C@@H]3O2. The Kier molecular flexibility index (Phi) is 7.09. The van der Waals surface area contributed by atoms with E-state index in [0.29, 0.717) is 24.1 Å². The maximum absolute atomic E-state index is 12.9. The van der Waals surface area contributed by atoms with Crippen LogP contribution in [0, 0.1) is 6.92 Å². The van der Waals surface area contributed by atoms with Crippen LogP contribution in [0.3, 0.4) is 0 Å². The molecule has 0 radical (unpaired) electrons. The number of hydrogen-bond acceptors (Lipinski definition) is 9. The molecule has 1 spiro atoms. The maximum Gasteiger partial charge on any atom is 0.349 e. The first-order valence-corrected chi connectivity index (χ1v) is 13.3. The lowest BCUT2D eigenvalue weighted by molar-refractivity contribution is -0.166. The highest BCUT2D eigenvalue weighted by Crippen LogP contribution is 2.62. The number of benzene rings is 2. The summed E-state index contributed by atoms with van der Waals surface area (Å²) in [6.45, 7) is 4.50. The summed E-state index contributed by atoms with van der Waals surface area (Å²) in [5.74, 6) is -2.48. The normalized spacial score (nSPS) is 27.8. The summed E-state index contributed by atoms with van der Waals surface area (Å²) < 4.78 is 17.1. The van der Waals surface area contributed by atoms with Crippen molar-refractivity contribution in [2.75, 3.05) is 13.6 Å². The number of likely N-dealkylation sites (N-methyl/N-ethyl adjacent to an activating group) is 1. The van der Waals surface area contributed by atoms with Crippen molar-refractivity contribution in [3.63, 3.8) is 0 Å². The molecule has 2 aliphatic heterocycles. The average Bonchev–Trinajstić information content (AvgIpc) is 3.30. The topological polar surface area (TPSA) is 143 Å². The minimum Gasteiger partial charge on any atom is -0.504 e. The number of ether oxygens (including phenoxy) is 3. The molecular formula is C30H33NO9. The molecule has 1 fully saturated rings. The first-order valence-electron chi connectivity index (χ1n) is 13.3. The van der Waals surface area contributed by atoms with Crippen LogP contribution in [-0.2, 0) is 29.3 Å². The van der Waals surface area contributed by atoms with Gasteiger partial charge in [-0.25, -0.2) is 4.79 Å². The molecule has 0 saturated carbocycles. The van der Waals surface area contributed by atoms with E-state index in [1.807, 2.05) is 20.9 Å². The van der Waals surface area contributed by atoms with Crippen LogP contribution >= 0.6 is 0 Å². The smallest absolute Gasteiger partial charge is 0.349 e. The third-order valence-corrected chi connectivity index (χ3v) is 8.67. The molecule has 2 aromatic rings. The number of aromatic hydroxyl groups is 1. The molecule has 40 heavy (non-hydrogen) atoms. The Morgan fingerprint density at radius 3 is 2.52 bits per heavy atom. The van der Waals surface area contributed by atoms with Gasteiger partial charge in [-0.2, -0.15) is 0 Å². The number of rotatable bonds is 7. The van der Waals surface area contributed by atoms with Gasteiger partial charge in [0.15, 0.2) is 17.6 Å². The number of carboxylic acid groups (broad SMARTS) is 1. The summed E-state index contributed by atoms with van der Waals surface area (Å²) in [4.78, 5) is 39.0. The second-order valence-electron chi connectivity index (χ2n) is 10.8. The van der Waals surface area contributed by atoms with Crippen LogP contribution in [0.1, 0.15) is 55.4 Å².